The van der Waals surface area contributed by atoms with Crippen LogP contribution in [-0.4, -0.2) is 49.3 Å². The average Bonchev–Trinajstić information content (AvgIpc) is 3.45. The Bertz CT molecular complexity index is 2000. The first kappa shape index (κ1) is 36.4. The van der Waals surface area contributed by atoms with Crippen molar-refractivity contribution in [2.24, 2.45) is 0 Å². The van der Waals surface area contributed by atoms with Gasteiger partial charge in [0.2, 0.25) is 5.88 Å². The number of carboxylic acids is 1. The molecule has 3 heterocycles. The number of fused-ring (bicyclic) bond motifs is 1. The highest BCUT2D eigenvalue weighted by atomic mass is 19.1. The lowest BCUT2D eigenvalue weighted by Gasteiger charge is -2.12. The minimum Gasteiger partial charge on any atom is -0.478 e. The van der Waals surface area contributed by atoms with Gasteiger partial charge < -0.3 is 19.1 Å². The summed E-state index contributed by atoms with van der Waals surface area (Å²) in [5, 5.41) is 9.45. The number of hydrogen-bond acceptors (Lipinski definition) is 7. The third kappa shape index (κ3) is 9.77. The Kier molecular flexibility index (Phi) is 13.1. The van der Waals surface area contributed by atoms with Crippen molar-refractivity contribution in [2.45, 2.75) is 54.2 Å². The number of rotatable bonds is 10. The molecular formula is C39H42FN5O4. The summed E-state index contributed by atoms with van der Waals surface area (Å²) in [7, 11) is 1.64. The molecule has 0 unspecified atom stereocenters. The van der Waals surface area contributed by atoms with Crippen LogP contribution in [0, 0.1) is 26.6 Å². The molecule has 9 nitrogen and oxygen atoms in total. The fourth-order valence-corrected chi connectivity index (χ4v) is 5.05. The van der Waals surface area contributed by atoms with Crippen molar-refractivity contribution in [2.75, 3.05) is 13.7 Å². The molecule has 0 aliphatic heterocycles. The van der Waals surface area contributed by atoms with Gasteiger partial charge in [0.05, 0.1) is 28.9 Å². The van der Waals surface area contributed by atoms with E-state index in [9.17, 15) is 14.3 Å². The van der Waals surface area contributed by atoms with E-state index in [0.717, 1.165) is 50.4 Å². The average molecular weight is 664 g/mol. The minimum absolute atomic E-state index is 0.0958. The largest absolute Gasteiger partial charge is 0.478 e. The van der Waals surface area contributed by atoms with Crippen LogP contribution in [0.25, 0.3) is 22.3 Å². The highest BCUT2D eigenvalue weighted by Gasteiger charge is 2.15. The summed E-state index contributed by atoms with van der Waals surface area (Å²) >= 11 is 0. The number of pyridine rings is 1. The molecule has 10 heteroatoms. The first-order valence-electron chi connectivity index (χ1n) is 16.1. The Labute approximate surface area is 286 Å². The molecule has 0 spiro atoms. The van der Waals surface area contributed by atoms with Crippen molar-refractivity contribution in [1.82, 2.24) is 24.5 Å². The van der Waals surface area contributed by atoms with Gasteiger partial charge in [-0.2, -0.15) is 0 Å². The van der Waals surface area contributed by atoms with E-state index in [2.05, 4.69) is 27.1 Å². The number of nitrogens with zero attached hydrogens (tertiary/aromatic N) is 5. The van der Waals surface area contributed by atoms with Crippen LogP contribution in [0.1, 0.15) is 57.8 Å². The standard InChI is InChI=1S/C32H30FN3O4.C5H6N2.C2H6/c1-20-7-8-25(26(33)15-20)19-40-31-6-4-5-27(35-31)23-10-9-22(21(2)16-23)18-30-34-28-12-11-24(32(37)38)17-29(28)36(30)13-14-39-3;1-5-2-6-4-7-3-5;1-2/h4-12,15-17H,13-14,18-19H2,1-3H3,(H,37,38);2-4H,1H3;1-2H3. The molecule has 6 rings (SSSR count). The number of imidazole rings is 1. The zero-order valence-corrected chi connectivity index (χ0v) is 28.8. The molecule has 0 fully saturated rings. The first-order chi connectivity index (χ1) is 23.7. The van der Waals surface area contributed by atoms with Crippen LogP contribution in [0.4, 0.5) is 4.39 Å². The zero-order valence-electron chi connectivity index (χ0n) is 28.8. The zero-order chi connectivity index (χ0) is 35.3. The van der Waals surface area contributed by atoms with E-state index in [0.29, 0.717) is 31.0 Å². The summed E-state index contributed by atoms with van der Waals surface area (Å²) in [5.41, 5.74) is 8.04. The molecule has 0 amide bonds. The number of aromatic carboxylic acids is 1. The van der Waals surface area contributed by atoms with E-state index in [-0.39, 0.29) is 18.0 Å². The summed E-state index contributed by atoms with van der Waals surface area (Å²) in [5.74, 6) is -0.00527. The molecule has 0 aliphatic carbocycles. The van der Waals surface area contributed by atoms with Crippen molar-refractivity contribution in [3.8, 4) is 17.1 Å². The Morgan fingerprint density at radius 2 is 1.63 bits per heavy atom. The molecule has 3 aromatic heterocycles. The number of ether oxygens (including phenoxy) is 2. The second-order valence-corrected chi connectivity index (χ2v) is 11.2. The monoisotopic (exact) mass is 663 g/mol. The first-order valence-corrected chi connectivity index (χ1v) is 16.1. The van der Waals surface area contributed by atoms with Crippen molar-refractivity contribution in [3.63, 3.8) is 0 Å². The number of benzene rings is 3. The van der Waals surface area contributed by atoms with Gasteiger partial charge in [-0.15, -0.1) is 0 Å². The quantitative estimate of drug-likeness (QED) is 0.156. The number of carbonyl (C=O) groups is 1. The third-order valence-electron chi connectivity index (χ3n) is 7.58. The van der Waals surface area contributed by atoms with Crippen LogP contribution < -0.4 is 4.74 Å². The van der Waals surface area contributed by atoms with Gasteiger partial charge in [0.1, 0.15) is 24.6 Å². The van der Waals surface area contributed by atoms with E-state index in [1.165, 1.54) is 12.4 Å². The summed E-state index contributed by atoms with van der Waals surface area (Å²) in [6.45, 7) is 11.0. The van der Waals surface area contributed by atoms with E-state index in [1.807, 2.05) is 63.5 Å². The number of methoxy groups -OCH3 is 1. The molecule has 6 aromatic rings. The van der Waals surface area contributed by atoms with E-state index < -0.39 is 5.97 Å². The maximum atomic E-state index is 14.2. The molecule has 0 bridgehead atoms. The normalized spacial score (nSPS) is 10.5. The lowest BCUT2D eigenvalue weighted by atomic mass is 10.0. The molecule has 0 saturated carbocycles. The topological polar surface area (TPSA) is 112 Å². The molecule has 254 valence electrons. The SMILES string of the molecule is CC.COCCn1c(Cc2ccc(-c3cccc(OCc4ccc(C)cc4F)n3)cc2C)nc2ccc(C(=O)O)cc21.Cc1cncnc1. The van der Waals surface area contributed by atoms with E-state index in [4.69, 9.17) is 14.5 Å². The van der Waals surface area contributed by atoms with Crippen molar-refractivity contribution < 1.29 is 23.8 Å². The Hall–Kier alpha value is -5.48. The van der Waals surface area contributed by atoms with Crippen LogP contribution in [0.15, 0.2) is 91.5 Å². The molecule has 0 saturated heterocycles. The Balaban J connectivity index is 0.000000528. The molecular weight excluding hydrogens is 621 g/mol. The van der Waals surface area contributed by atoms with Crippen molar-refractivity contribution in [3.05, 3.63) is 137 Å². The summed E-state index contributed by atoms with van der Waals surface area (Å²) in [6, 6.07) is 21.8. The van der Waals surface area contributed by atoms with E-state index in [1.54, 1.807) is 49.8 Å². The summed E-state index contributed by atoms with van der Waals surface area (Å²) < 4.78 is 27.3. The van der Waals surface area contributed by atoms with Crippen LogP contribution in [-0.2, 0) is 24.3 Å². The van der Waals surface area contributed by atoms with Gasteiger partial charge in [0, 0.05) is 49.7 Å². The van der Waals surface area contributed by atoms with Crippen LogP contribution in [0.3, 0.4) is 0 Å². The molecule has 0 aliphatic rings. The Morgan fingerprint density at radius 3 is 2.29 bits per heavy atom. The van der Waals surface area contributed by atoms with E-state index >= 15 is 0 Å². The van der Waals surface area contributed by atoms with Crippen LogP contribution >= 0.6 is 0 Å². The van der Waals surface area contributed by atoms with Crippen molar-refractivity contribution >= 4 is 17.0 Å². The summed E-state index contributed by atoms with van der Waals surface area (Å²) in [4.78, 5) is 28.5. The molecule has 0 atom stereocenters. The third-order valence-corrected chi connectivity index (χ3v) is 7.58. The lowest BCUT2D eigenvalue weighted by Crippen LogP contribution is -2.09. The number of carboxylic acid groups (broad SMARTS) is 1. The van der Waals surface area contributed by atoms with Gasteiger partial charge in [-0.1, -0.05) is 44.2 Å². The molecule has 3 aromatic carbocycles. The molecule has 0 radical (unpaired) electrons. The predicted molar refractivity (Wildman–Crippen MR) is 189 cm³/mol. The molecule has 1 N–H and O–H groups in total. The van der Waals surface area contributed by atoms with Crippen molar-refractivity contribution in [1.29, 1.82) is 0 Å². The van der Waals surface area contributed by atoms with Gasteiger partial charge in [-0.05, 0) is 79.4 Å². The highest BCUT2D eigenvalue weighted by molar-refractivity contribution is 5.92. The van der Waals surface area contributed by atoms with Crippen LogP contribution in [0.2, 0.25) is 0 Å². The fourth-order valence-electron chi connectivity index (χ4n) is 5.05. The predicted octanol–water partition coefficient (Wildman–Crippen LogP) is 8.18. The maximum absolute atomic E-state index is 14.2. The second kappa shape index (κ2) is 17.6. The fraction of sp³-hybridized carbons (Fsp3) is 0.256. The van der Waals surface area contributed by atoms with Gasteiger partial charge in [-0.3, -0.25) is 0 Å². The van der Waals surface area contributed by atoms with Gasteiger partial charge in [0.15, 0.2) is 0 Å². The number of hydrogen-bond donors (Lipinski definition) is 1. The summed E-state index contributed by atoms with van der Waals surface area (Å²) in [6.07, 6.45) is 5.64. The van der Waals surface area contributed by atoms with Crippen LogP contribution in [0.5, 0.6) is 5.88 Å². The lowest BCUT2D eigenvalue weighted by molar-refractivity contribution is 0.0697. The second-order valence-electron chi connectivity index (χ2n) is 11.2. The van der Waals surface area contributed by atoms with Gasteiger partial charge >= 0.3 is 5.97 Å². The number of aromatic nitrogens is 5. The molecule has 49 heavy (non-hydrogen) atoms. The minimum atomic E-state index is -0.972. The maximum Gasteiger partial charge on any atom is 0.335 e. The Morgan fingerprint density at radius 1 is 0.878 bits per heavy atom. The number of aryl methyl sites for hydroxylation is 3. The van der Waals surface area contributed by atoms with Gasteiger partial charge in [0.25, 0.3) is 0 Å². The number of halogens is 1. The smallest absolute Gasteiger partial charge is 0.335 e. The van der Waals surface area contributed by atoms with Gasteiger partial charge in [-0.25, -0.2) is 29.1 Å². The highest BCUT2D eigenvalue weighted by Crippen LogP contribution is 2.26.